The van der Waals surface area contributed by atoms with Gasteiger partial charge in [-0.05, 0) is 82.8 Å². The second-order valence-corrected chi connectivity index (χ2v) is 11.1. The van der Waals surface area contributed by atoms with Crippen molar-refractivity contribution in [2.45, 2.75) is 92.9 Å². The molecule has 0 spiro atoms. The molecule has 1 saturated heterocycles. The summed E-state index contributed by atoms with van der Waals surface area (Å²) in [5, 5.41) is 2.65. The van der Waals surface area contributed by atoms with Gasteiger partial charge < -0.3 is 24.3 Å². The molecule has 2 atom stereocenters. The molecule has 1 fully saturated rings. The second kappa shape index (κ2) is 24.7. The van der Waals surface area contributed by atoms with Gasteiger partial charge in [-0.25, -0.2) is 9.59 Å². The zero-order valence-electron chi connectivity index (χ0n) is 28.8. The van der Waals surface area contributed by atoms with Gasteiger partial charge >= 0.3 is 12.1 Å². The average Bonchev–Trinajstić information content (AvgIpc) is 3.29. The molecule has 1 aromatic heterocycles. The maximum absolute atomic E-state index is 12.0. The van der Waals surface area contributed by atoms with Crippen LogP contribution >= 0.6 is 0 Å². The standard InChI is InChI=1S/C21H33NO6.C11H16N2.C2H6.C2H2/c1-6-25-18(19(23)26-7-2)15-16-9-8-10-17(12-11-16)27-14-13-22-20(24)28-21(3,4)5;1-10-4-7-13(8-10)9-11-2-5-12-6-3-11;2*1-2/h8-9,11-12,18H,6-7,10,13-15H2,1-5H3,(H,22,24);2-3,5-6,10H,4,7-9H2,1H3;1-2H3;1-2H/t18-;;;/m0.../s1. The van der Waals surface area contributed by atoms with E-state index < -0.39 is 17.8 Å². The number of alkyl carbamates (subject to hydrolysis) is 1. The molecule has 1 aliphatic heterocycles. The number of nitrogens with one attached hydrogen (secondary N) is 1. The van der Waals surface area contributed by atoms with Crippen molar-refractivity contribution in [2.75, 3.05) is 39.5 Å². The molecule has 9 heteroatoms. The fraction of sp³-hybridized carbons (Fsp3) is 0.583. The first-order valence-electron chi connectivity index (χ1n) is 16.0. The highest BCUT2D eigenvalue weighted by Crippen LogP contribution is 2.19. The van der Waals surface area contributed by atoms with E-state index >= 15 is 0 Å². The lowest BCUT2D eigenvalue weighted by molar-refractivity contribution is -0.156. The third-order valence-electron chi connectivity index (χ3n) is 6.19. The molecule has 252 valence electrons. The molecule has 0 saturated carbocycles. The van der Waals surface area contributed by atoms with E-state index in [1.807, 2.05) is 78.2 Å². The highest BCUT2D eigenvalue weighted by Gasteiger charge is 2.21. The summed E-state index contributed by atoms with van der Waals surface area (Å²) in [6.07, 6.45) is 20.8. The number of ether oxygens (including phenoxy) is 4. The van der Waals surface area contributed by atoms with Crippen molar-refractivity contribution in [3.05, 3.63) is 65.7 Å². The maximum Gasteiger partial charge on any atom is 0.407 e. The van der Waals surface area contributed by atoms with E-state index in [0.29, 0.717) is 39.2 Å². The molecule has 0 aromatic carbocycles. The Morgan fingerprint density at radius 2 is 1.80 bits per heavy atom. The Labute approximate surface area is 272 Å². The lowest BCUT2D eigenvalue weighted by atomic mass is 10.1. The quantitative estimate of drug-likeness (QED) is 0.153. The SMILES string of the molecule is C#C.CC.CC1CCN(Cc2ccncc2)C1.CCOC(=O)[C@H](CC1=CC=C(OCCNC(=O)OC(C)(C)C)CC=C1)OCC. The minimum absolute atomic E-state index is 0.326. The highest BCUT2D eigenvalue weighted by atomic mass is 16.6. The summed E-state index contributed by atoms with van der Waals surface area (Å²) < 4.78 is 21.4. The van der Waals surface area contributed by atoms with Crippen molar-refractivity contribution in [3.63, 3.8) is 0 Å². The summed E-state index contributed by atoms with van der Waals surface area (Å²) in [6, 6.07) is 4.20. The van der Waals surface area contributed by atoms with Gasteiger partial charge in [0.25, 0.3) is 0 Å². The van der Waals surface area contributed by atoms with Gasteiger partial charge in [-0.3, -0.25) is 9.88 Å². The number of allylic oxidation sites excluding steroid dienone is 4. The van der Waals surface area contributed by atoms with Crippen LogP contribution in [0.3, 0.4) is 0 Å². The van der Waals surface area contributed by atoms with Crippen LogP contribution in [-0.4, -0.2) is 73.1 Å². The monoisotopic (exact) mass is 627 g/mol. The predicted octanol–water partition coefficient (Wildman–Crippen LogP) is 6.86. The van der Waals surface area contributed by atoms with E-state index in [9.17, 15) is 9.59 Å². The molecule has 3 rings (SSSR count). The number of carbonyl (C=O) groups excluding carboxylic acids is 2. The number of amides is 1. The molecule has 1 aromatic rings. The molecule has 45 heavy (non-hydrogen) atoms. The zero-order chi connectivity index (χ0) is 34.1. The molecule has 1 unspecified atom stereocenters. The van der Waals surface area contributed by atoms with Crippen LogP contribution in [0.2, 0.25) is 0 Å². The minimum atomic E-state index is -0.616. The fourth-order valence-electron chi connectivity index (χ4n) is 4.32. The molecule has 1 amide bonds. The molecule has 2 aliphatic rings. The molecular formula is C36H57N3O6. The number of esters is 1. The zero-order valence-corrected chi connectivity index (χ0v) is 28.8. The number of pyridine rings is 1. The van der Waals surface area contributed by atoms with Gasteiger partial charge in [0.15, 0.2) is 6.10 Å². The Kier molecular flexibility index (Phi) is 22.7. The van der Waals surface area contributed by atoms with Crippen molar-refractivity contribution in [3.8, 4) is 12.8 Å². The van der Waals surface area contributed by atoms with Crippen molar-refractivity contribution >= 4 is 12.1 Å². The van der Waals surface area contributed by atoms with Crippen molar-refractivity contribution < 1.29 is 28.5 Å². The van der Waals surface area contributed by atoms with E-state index in [-0.39, 0.29) is 5.97 Å². The summed E-state index contributed by atoms with van der Waals surface area (Å²) in [5.74, 6) is 1.31. The number of nitrogens with zero attached hydrogens (tertiary/aromatic N) is 2. The number of carbonyl (C=O) groups is 2. The molecule has 9 nitrogen and oxygen atoms in total. The van der Waals surface area contributed by atoms with Crippen LogP contribution in [0, 0.1) is 18.8 Å². The smallest absolute Gasteiger partial charge is 0.407 e. The van der Waals surface area contributed by atoms with Gasteiger partial charge in [-0.2, -0.15) is 0 Å². The van der Waals surface area contributed by atoms with Crippen LogP contribution in [0.15, 0.2) is 60.2 Å². The Balaban J connectivity index is 0.000000938. The summed E-state index contributed by atoms with van der Waals surface area (Å²) in [6.45, 7) is 20.4. The van der Waals surface area contributed by atoms with Gasteiger partial charge in [0, 0.05) is 44.9 Å². The minimum Gasteiger partial charge on any atom is -0.496 e. The average molecular weight is 628 g/mol. The first-order chi connectivity index (χ1) is 21.6. The van der Waals surface area contributed by atoms with Crippen molar-refractivity contribution in [2.24, 2.45) is 5.92 Å². The van der Waals surface area contributed by atoms with Gasteiger partial charge in [0.1, 0.15) is 12.2 Å². The first kappa shape index (κ1) is 41.4. The molecular weight excluding hydrogens is 570 g/mol. The lowest BCUT2D eigenvalue weighted by Gasteiger charge is -2.19. The number of likely N-dealkylation sites (tertiary alicyclic amines) is 1. The molecule has 1 N–H and O–H groups in total. The number of hydrogen-bond acceptors (Lipinski definition) is 8. The van der Waals surface area contributed by atoms with Crippen molar-refractivity contribution in [1.82, 2.24) is 15.2 Å². The van der Waals surface area contributed by atoms with Crippen LogP contribution in [-0.2, 0) is 30.3 Å². The normalized spacial score (nSPS) is 16.4. The van der Waals surface area contributed by atoms with Crippen LogP contribution in [0.4, 0.5) is 4.79 Å². The van der Waals surface area contributed by atoms with Crippen LogP contribution in [0.1, 0.15) is 80.2 Å². The summed E-state index contributed by atoms with van der Waals surface area (Å²) >= 11 is 0. The van der Waals surface area contributed by atoms with E-state index in [0.717, 1.165) is 23.8 Å². The molecule has 1 aliphatic carbocycles. The largest absolute Gasteiger partial charge is 0.496 e. The fourth-order valence-corrected chi connectivity index (χ4v) is 4.32. The topological polar surface area (TPSA) is 99.2 Å². The van der Waals surface area contributed by atoms with E-state index in [4.69, 9.17) is 18.9 Å². The van der Waals surface area contributed by atoms with Crippen LogP contribution in [0.25, 0.3) is 0 Å². The van der Waals surface area contributed by atoms with E-state index in [2.05, 4.69) is 47.1 Å². The van der Waals surface area contributed by atoms with Crippen LogP contribution < -0.4 is 5.32 Å². The molecule has 0 bridgehead atoms. The predicted molar refractivity (Wildman–Crippen MR) is 181 cm³/mol. The third-order valence-corrected chi connectivity index (χ3v) is 6.19. The molecule has 0 radical (unpaired) electrons. The maximum atomic E-state index is 12.0. The van der Waals surface area contributed by atoms with Crippen molar-refractivity contribution in [1.29, 1.82) is 0 Å². The summed E-state index contributed by atoms with van der Waals surface area (Å²) in [4.78, 5) is 30.1. The summed E-state index contributed by atoms with van der Waals surface area (Å²) in [7, 11) is 0. The lowest BCUT2D eigenvalue weighted by Crippen LogP contribution is -2.34. The van der Waals surface area contributed by atoms with Gasteiger partial charge in [-0.1, -0.05) is 39.0 Å². The Morgan fingerprint density at radius 3 is 2.38 bits per heavy atom. The number of rotatable bonds is 12. The van der Waals surface area contributed by atoms with Crippen LogP contribution in [0.5, 0.6) is 0 Å². The Bertz CT molecular complexity index is 1060. The van der Waals surface area contributed by atoms with Gasteiger partial charge in [0.05, 0.1) is 18.9 Å². The highest BCUT2D eigenvalue weighted by molar-refractivity contribution is 5.75. The van der Waals surface area contributed by atoms with E-state index in [1.165, 1.54) is 25.1 Å². The Hall–Kier alpha value is -3.61. The molecule has 2 heterocycles. The summed E-state index contributed by atoms with van der Waals surface area (Å²) in [5.41, 5.74) is 1.81. The second-order valence-electron chi connectivity index (χ2n) is 11.1. The third kappa shape index (κ3) is 20.1. The number of hydrogen-bond donors (Lipinski definition) is 1. The van der Waals surface area contributed by atoms with Gasteiger partial charge in [0.2, 0.25) is 0 Å². The number of terminal acetylenes is 1. The Morgan fingerprint density at radius 1 is 1.11 bits per heavy atom. The first-order valence-corrected chi connectivity index (χ1v) is 16.0. The number of aromatic nitrogens is 1. The van der Waals surface area contributed by atoms with E-state index in [1.54, 1.807) is 6.92 Å². The van der Waals surface area contributed by atoms with Gasteiger partial charge in [-0.15, -0.1) is 12.8 Å².